The minimum Gasteiger partial charge on any atom is -0.355 e. The topological polar surface area (TPSA) is 76.4 Å². The second-order valence-electron chi connectivity index (χ2n) is 7.26. The van der Waals surface area contributed by atoms with Crippen molar-refractivity contribution in [1.82, 2.24) is 5.32 Å². The fourth-order valence-corrected chi connectivity index (χ4v) is 4.99. The Bertz CT molecular complexity index is 1190. The molecule has 0 aromatic heterocycles. The van der Waals surface area contributed by atoms with E-state index in [-0.39, 0.29) is 31.4 Å². The van der Waals surface area contributed by atoms with E-state index in [0.29, 0.717) is 18.5 Å². The summed E-state index contributed by atoms with van der Waals surface area (Å²) < 4.78 is 29.8. The van der Waals surface area contributed by atoms with Crippen molar-refractivity contribution in [2.24, 2.45) is 0 Å². The van der Waals surface area contributed by atoms with Crippen LogP contribution in [0.5, 0.6) is 0 Å². The van der Waals surface area contributed by atoms with Crippen LogP contribution in [0.25, 0.3) is 0 Å². The molecular weight excluding hydrogens is 537 g/mol. The van der Waals surface area contributed by atoms with Gasteiger partial charge in [0.2, 0.25) is 0 Å². The predicted octanol–water partition coefficient (Wildman–Crippen LogP) is 3.86. The van der Waals surface area contributed by atoms with Gasteiger partial charge in [0.25, 0.3) is 11.8 Å². The number of nitrogens with one attached hydrogen (secondary N) is 1. The lowest BCUT2D eigenvalue weighted by Crippen LogP contribution is -2.55. The Balaban J connectivity index is 1.81. The van der Waals surface area contributed by atoms with Crippen molar-refractivity contribution in [2.75, 3.05) is 16.8 Å². The lowest BCUT2D eigenvalue weighted by atomic mass is 9.75. The fraction of sp³-hybridized carbons (Fsp3) is 0.238. The van der Waals surface area contributed by atoms with Crippen LogP contribution in [-0.2, 0) is 4.79 Å². The zero-order chi connectivity index (χ0) is 22.5. The van der Waals surface area contributed by atoms with Gasteiger partial charge in [0.1, 0.15) is 17.4 Å². The molecule has 0 atom stereocenters. The summed E-state index contributed by atoms with van der Waals surface area (Å²) >= 11 is 7.28. The number of hydrogen-bond acceptors (Lipinski definition) is 4. The molecule has 1 saturated heterocycles. The molecule has 10 heteroatoms. The van der Waals surface area contributed by atoms with Gasteiger partial charge < -0.3 is 10.2 Å². The summed E-state index contributed by atoms with van der Waals surface area (Å²) in [6.07, 6.45) is 1.73. The maximum atomic E-state index is 15.1. The Morgan fingerprint density at radius 2 is 2.00 bits per heavy atom. The monoisotopic (exact) mass is 552 g/mol. The quantitative estimate of drug-likeness (QED) is 0.463. The number of hydrogen-bond donors (Lipinski definition) is 1. The smallest absolute Gasteiger partial charge is 0.259 e. The van der Waals surface area contributed by atoms with Crippen LogP contribution in [-0.4, -0.2) is 29.5 Å². The number of halogens is 3. The number of carbonyl (C=O) groups is 2. The van der Waals surface area contributed by atoms with E-state index in [0.717, 1.165) is 17.4 Å². The number of nitriles is 1. The molecule has 1 aliphatic heterocycles. The summed E-state index contributed by atoms with van der Waals surface area (Å²) in [5.74, 6) is -2.43. The van der Waals surface area contributed by atoms with Crippen molar-refractivity contribution in [3.05, 3.63) is 56.7 Å². The SMILES string of the molecule is CNC(=O)c1ccc(N2C(=S)N(c3ccc(C#N)c(I)c3F)C(=O)C23CCC3)cc1F. The number of amides is 2. The summed E-state index contributed by atoms with van der Waals surface area (Å²) in [6, 6.07) is 8.71. The molecule has 0 unspecified atom stereocenters. The largest absolute Gasteiger partial charge is 0.355 e. The van der Waals surface area contributed by atoms with E-state index in [9.17, 15) is 14.0 Å². The third-order valence-corrected chi connectivity index (χ3v) is 7.12. The van der Waals surface area contributed by atoms with Crippen molar-refractivity contribution in [3.63, 3.8) is 0 Å². The van der Waals surface area contributed by atoms with Gasteiger partial charge in [0.15, 0.2) is 10.9 Å². The Kier molecular flexibility index (Phi) is 5.43. The zero-order valence-electron chi connectivity index (χ0n) is 16.2. The molecule has 0 bridgehead atoms. The lowest BCUT2D eigenvalue weighted by Gasteiger charge is -2.43. The number of anilines is 2. The van der Waals surface area contributed by atoms with Gasteiger partial charge in [-0.25, -0.2) is 8.78 Å². The average Bonchev–Trinajstić information content (AvgIpc) is 2.96. The highest BCUT2D eigenvalue weighted by atomic mass is 127. The molecule has 2 aromatic carbocycles. The molecule has 1 heterocycles. The van der Waals surface area contributed by atoms with Crippen LogP contribution in [0.2, 0.25) is 0 Å². The molecule has 6 nitrogen and oxygen atoms in total. The summed E-state index contributed by atoms with van der Waals surface area (Å²) in [6.45, 7) is 0. The Hall–Kier alpha value is -2.65. The van der Waals surface area contributed by atoms with Crippen molar-refractivity contribution >= 4 is 63.1 Å². The molecule has 2 amide bonds. The number of carbonyl (C=O) groups excluding carboxylic acids is 2. The number of nitrogens with zero attached hydrogens (tertiary/aromatic N) is 3. The summed E-state index contributed by atoms with van der Waals surface area (Å²) in [4.78, 5) is 27.9. The zero-order valence-corrected chi connectivity index (χ0v) is 19.2. The van der Waals surface area contributed by atoms with E-state index in [1.807, 2.05) is 6.07 Å². The van der Waals surface area contributed by atoms with Gasteiger partial charge in [-0.15, -0.1) is 0 Å². The minimum atomic E-state index is -1.02. The van der Waals surface area contributed by atoms with Crippen LogP contribution in [0.1, 0.15) is 35.2 Å². The molecule has 0 radical (unpaired) electrons. The van der Waals surface area contributed by atoms with Gasteiger partial charge >= 0.3 is 0 Å². The van der Waals surface area contributed by atoms with Crippen LogP contribution < -0.4 is 15.1 Å². The van der Waals surface area contributed by atoms with Crippen LogP contribution in [0.3, 0.4) is 0 Å². The maximum Gasteiger partial charge on any atom is 0.259 e. The molecule has 1 aliphatic carbocycles. The first kappa shape index (κ1) is 21.6. The number of thiocarbonyl (C=S) groups is 1. The highest BCUT2D eigenvalue weighted by Crippen LogP contribution is 2.48. The maximum absolute atomic E-state index is 15.1. The lowest BCUT2D eigenvalue weighted by molar-refractivity contribution is -0.123. The van der Waals surface area contributed by atoms with Gasteiger partial charge in [-0.1, -0.05) is 0 Å². The normalized spacial score (nSPS) is 17.0. The van der Waals surface area contributed by atoms with Gasteiger partial charge in [0, 0.05) is 12.7 Å². The Morgan fingerprint density at radius 3 is 2.55 bits per heavy atom. The van der Waals surface area contributed by atoms with E-state index in [2.05, 4.69) is 5.32 Å². The molecule has 1 saturated carbocycles. The van der Waals surface area contributed by atoms with Gasteiger partial charge in [-0.3, -0.25) is 14.5 Å². The standard InChI is InChI=1S/C21H15F2IN4O2S/c1-26-18(29)13-5-4-12(9-14(13)22)28-20(31)27(19(30)21(28)7-2-8-21)15-6-3-11(10-25)17(24)16(15)23/h3-6,9H,2,7-8H2,1H3,(H,26,29). The summed E-state index contributed by atoms with van der Waals surface area (Å²) in [7, 11) is 1.40. The average molecular weight is 552 g/mol. The van der Waals surface area contributed by atoms with E-state index >= 15 is 4.39 Å². The second-order valence-corrected chi connectivity index (χ2v) is 8.70. The van der Waals surface area contributed by atoms with E-state index in [4.69, 9.17) is 17.5 Å². The van der Waals surface area contributed by atoms with Gasteiger partial charge in [0.05, 0.1) is 20.4 Å². The predicted molar refractivity (Wildman–Crippen MR) is 123 cm³/mol. The van der Waals surface area contributed by atoms with E-state index in [1.165, 1.54) is 31.3 Å². The molecule has 2 aliphatic rings. The van der Waals surface area contributed by atoms with Crippen LogP contribution in [0, 0.1) is 26.5 Å². The second kappa shape index (κ2) is 7.80. The highest BCUT2D eigenvalue weighted by molar-refractivity contribution is 14.1. The minimum absolute atomic E-state index is 0.0243. The molecular formula is C21H15F2IN4O2S. The van der Waals surface area contributed by atoms with Gasteiger partial charge in [-0.2, -0.15) is 5.26 Å². The van der Waals surface area contributed by atoms with E-state index in [1.54, 1.807) is 27.5 Å². The summed E-state index contributed by atoms with van der Waals surface area (Å²) in [5.41, 5.74) is -0.732. The molecule has 158 valence electrons. The highest BCUT2D eigenvalue weighted by Gasteiger charge is 2.60. The summed E-state index contributed by atoms with van der Waals surface area (Å²) in [5, 5.41) is 11.5. The molecule has 4 rings (SSSR count). The molecule has 2 fully saturated rings. The molecule has 31 heavy (non-hydrogen) atoms. The van der Waals surface area contributed by atoms with Crippen molar-refractivity contribution in [3.8, 4) is 6.07 Å². The Morgan fingerprint density at radius 1 is 1.29 bits per heavy atom. The van der Waals surface area contributed by atoms with Crippen LogP contribution in [0.15, 0.2) is 30.3 Å². The van der Waals surface area contributed by atoms with Crippen LogP contribution >= 0.6 is 34.8 Å². The first-order chi connectivity index (χ1) is 14.8. The third-order valence-electron chi connectivity index (χ3n) is 5.70. The Labute approximate surface area is 195 Å². The molecule has 2 aromatic rings. The van der Waals surface area contributed by atoms with E-state index < -0.39 is 23.1 Å². The van der Waals surface area contributed by atoms with Gasteiger partial charge in [-0.05, 0) is 84.4 Å². The van der Waals surface area contributed by atoms with Crippen molar-refractivity contribution in [2.45, 2.75) is 24.8 Å². The van der Waals surface area contributed by atoms with Crippen molar-refractivity contribution < 1.29 is 18.4 Å². The third kappa shape index (κ3) is 3.10. The first-order valence-corrected chi connectivity index (χ1v) is 10.8. The number of rotatable bonds is 3. The van der Waals surface area contributed by atoms with Crippen molar-refractivity contribution in [1.29, 1.82) is 5.26 Å². The van der Waals surface area contributed by atoms with Crippen LogP contribution in [0.4, 0.5) is 20.2 Å². The first-order valence-electron chi connectivity index (χ1n) is 9.35. The number of benzene rings is 2. The molecule has 1 N–H and O–H groups in total. The fourth-order valence-electron chi connectivity index (χ4n) is 3.95. The molecule has 1 spiro atoms.